The number of phenolic OH excluding ortho intramolecular Hbond substituents is 1. The fraction of sp³-hybridized carbons (Fsp3) is 0.421. The lowest BCUT2D eigenvalue weighted by Crippen LogP contribution is -2.49. The zero-order chi connectivity index (χ0) is 17.4. The van der Waals surface area contributed by atoms with E-state index in [1.54, 1.807) is 17.0 Å². The molecule has 2 saturated heterocycles. The highest BCUT2D eigenvalue weighted by atomic mass is 16.5. The maximum Gasteiger partial charge on any atom is 0.257 e. The minimum atomic E-state index is -0.579. The number of rotatable bonds is 2. The second-order valence-corrected chi connectivity index (χ2v) is 6.68. The van der Waals surface area contributed by atoms with E-state index >= 15 is 0 Å². The zero-order valence-electron chi connectivity index (χ0n) is 14.0. The van der Waals surface area contributed by atoms with Crippen molar-refractivity contribution < 1.29 is 19.7 Å². The number of aliphatic hydroxyl groups is 1. The van der Waals surface area contributed by atoms with Gasteiger partial charge in [0.1, 0.15) is 5.75 Å². The zero-order valence-corrected chi connectivity index (χ0v) is 14.0. The molecule has 2 aliphatic heterocycles. The van der Waals surface area contributed by atoms with Crippen molar-refractivity contribution in [2.75, 3.05) is 39.4 Å². The quantitative estimate of drug-likeness (QED) is 0.854. The van der Waals surface area contributed by atoms with Crippen LogP contribution in [0.2, 0.25) is 0 Å². The summed E-state index contributed by atoms with van der Waals surface area (Å²) in [6, 6.07) is 10.9. The van der Waals surface area contributed by atoms with Crippen molar-refractivity contribution in [1.82, 2.24) is 9.80 Å². The maximum atomic E-state index is 12.9. The molecule has 6 heteroatoms. The van der Waals surface area contributed by atoms with Crippen LogP contribution >= 0.6 is 0 Å². The lowest BCUT2D eigenvalue weighted by atomic mass is 10.0. The fourth-order valence-electron chi connectivity index (χ4n) is 3.80. The molecule has 0 aromatic heterocycles. The first-order valence-electron chi connectivity index (χ1n) is 8.65. The van der Waals surface area contributed by atoms with Crippen molar-refractivity contribution in [2.24, 2.45) is 0 Å². The predicted octanol–water partition coefficient (Wildman–Crippen LogP) is 1.06. The first kappa shape index (κ1) is 16.3. The van der Waals surface area contributed by atoms with Crippen LogP contribution in [0.5, 0.6) is 5.75 Å². The summed E-state index contributed by atoms with van der Waals surface area (Å²) in [5.74, 6) is -0.231. The number of hydrogen-bond acceptors (Lipinski definition) is 5. The van der Waals surface area contributed by atoms with Crippen LogP contribution in [-0.2, 0) is 4.74 Å². The summed E-state index contributed by atoms with van der Waals surface area (Å²) >= 11 is 0. The highest BCUT2D eigenvalue weighted by molar-refractivity contribution is 6.03. The first-order valence-corrected chi connectivity index (χ1v) is 8.65. The molecule has 0 radical (unpaired) electrons. The van der Waals surface area contributed by atoms with Crippen LogP contribution in [-0.4, -0.2) is 77.5 Å². The Bertz CT molecular complexity index is 788. The third-order valence-corrected chi connectivity index (χ3v) is 5.19. The van der Waals surface area contributed by atoms with Crippen molar-refractivity contribution >= 4 is 16.7 Å². The molecule has 6 nitrogen and oxygen atoms in total. The van der Waals surface area contributed by atoms with E-state index in [1.165, 1.54) is 0 Å². The number of ether oxygens (including phenoxy) is 1. The van der Waals surface area contributed by atoms with E-state index in [0.717, 1.165) is 18.5 Å². The van der Waals surface area contributed by atoms with Crippen molar-refractivity contribution in [2.45, 2.75) is 12.1 Å². The third kappa shape index (κ3) is 2.97. The van der Waals surface area contributed by atoms with Gasteiger partial charge in [-0.1, -0.05) is 30.3 Å². The Morgan fingerprint density at radius 1 is 1.08 bits per heavy atom. The summed E-state index contributed by atoms with van der Waals surface area (Å²) in [5.41, 5.74) is 0.286. The Morgan fingerprint density at radius 3 is 2.64 bits per heavy atom. The van der Waals surface area contributed by atoms with Gasteiger partial charge >= 0.3 is 0 Å². The minimum absolute atomic E-state index is 0.00686. The molecule has 1 amide bonds. The van der Waals surface area contributed by atoms with Gasteiger partial charge in [0.15, 0.2) is 0 Å². The molecule has 2 aromatic carbocycles. The van der Waals surface area contributed by atoms with Crippen LogP contribution in [0, 0.1) is 0 Å². The normalized spacial score (nSPS) is 24.8. The molecule has 25 heavy (non-hydrogen) atoms. The van der Waals surface area contributed by atoms with E-state index in [9.17, 15) is 15.0 Å². The number of hydrogen-bond donors (Lipinski definition) is 2. The van der Waals surface area contributed by atoms with Gasteiger partial charge < -0.3 is 19.8 Å². The molecule has 2 aromatic rings. The number of fused-ring (bicyclic) bond motifs is 1. The second kappa shape index (κ2) is 6.63. The van der Waals surface area contributed by atoms with Gasteiger partial charge in [0.25, 0.3) is 5.91 Å². The van der Waals surface area contributed by atoms with E-state index in [-0.39, 0.29) is 29.8 Å². The van der Waals surface area contributed by atoms with Crippen LogP contribution in [0.1, 0.15) is 10.4 Å². The topological polar surface area (TPSA) is 73.2 Å². The molecule has 132 valence electrons. The Labute approximate surface area is 146 Å². The standard InChI is InChI=1S/C19H22N2O4/c22-17-12-21(11-16(17)20-7-9-25-10-8-20)19(24)15-6-5-13-3-1-2-4-14(13)18(15)23/h1-6,16-17,22-23H,7-12H2. The number of benzene rings is 2. The minimum Gasteiger partial charge on any atom is -0.506 e. The molecule has 2 atom stereocenters. The SMILES string of the molecule is O=C(c1ccc2ccccc2c1O)N1CC(O)C(N2CCOCC2)C1. The molecular weight excluding hydrogens is 320 g/mol. The van der Waals surface area contributed by atoms with Gasteiger partial charge in [-0.2, -0.15) is 0 Å². The highest BCUT2D eigenvalue weighted by Crippen LogP contribution is 2.30. The van der Waals surface area contributed by atoms with E-state index in [0.29, 0.717) is 25.1 Å². The Kier molecular flexibility index (Phi) is 4.33. The van der Waals surface area contributed by atoms with Crippen LogP contribution in [0.3, 0.4) is 0 Å². The molecule has 2 fully saturated rings. The number of aromatic hydroxyl groups is 1. The average molecular weight is 342 g/mol. The number of likely N-dealkylation sites (tertiary alicyclic amines) is 1. The maximum absolute atomic E-state index is 12.9. The van der Waals surface area contributed by atoms with Gasteiger partial charge in [-0.15, -0.1) is 0 Å². The molecule has 2 unspecified atom stereocenters. The molecule has 4 rings (SSSR count). The number of carbonyl (C=O) groups excluding carboxylic acids is 1. The van der Waals surface area contributed by atoms with Crippen LogP contribution < -0.4 is 0 Å². The number of amides is 1. The molecule has 0 bridgehead atoms. The van der Waals surface area contributed by atoms with Crippen LogP contribution in [0.4, 0.5) is 0 Å². The van der Waals surface area contributed by atoms with Crippen molar-refractivity contribution in [3.05, 3.63) is 42.0 Å². The molecule has 0 spiro atoms. The summed E-state index contributed by atoms with van der Waals surface area (Å²) in [6.07, 6.45) is -0.579. The lowest BCUT2D eigenvalue weighted by molar-refractivity contribution is -0.00611. The fourth-order valence-corrected chi connectivity index (χ4v) is 3.80. The summed E-state index contributed by atoms with van der Waals surface area (Å²) in [6.45, 7) is 3.60. The molecule has 2 aliphatic rings. The van der Waals surface area contributed by atoms with E-state index in [2.05, 4.69) is 4.90 Å². The third-order valence-electron chi connectivity index (χ3n) is 5.19. The van der Waals surface area contributed by atoms with Gasteiger partial charge in [-0.05, 0) is 11.5 Å². The van der Waals surface area contributed by atoms with Crippen molar-refractivity contribution in [1.29, 1.82) is 0 Å². The van der Waals surface area contributed by atoms with E-state index < -0.39 is 6.10 Å². The number of phenols is 1. The Morgan fingerprint density at radius 2 is 1.84 bits per heavy atom. The average Bonchev–Trinajstić information content (AvgIpc) is 3.04. The number of carbonyl (C=O) groups is 1. The van der Waals surface area contributed by atoms with Gasteiger partial charge in [0.05, 0.1) is 30.9 Å². The smallest absolute Gasteiger partial charge is 0.257 e. The monoisotopic (exact) mass is 342 g/mol. The van der Waals surface area contributed by atoms with E-state index in [4.69, 9.17) is 4.74 Å². The molecule has 0 saturated carbocycles. The van der Waals surface area contributed by atoms with Gasteiger partial charge in [-0.3, -0.25) is 9.69 Å². The van der Waals surface area contributed by atoms with E-state index in [1.807, 2.05) is 24.3 Å². The number of morpholine rings is 1. The van der Waals surface area contributed by atoms with Crippen LogP contribution in [0.25, 0.3) is 10.8 Å². The van der Waals surface area contributed by atoms with Crippen molar-refractivity contribution in [3.63, 3.8) is 0 Å². The second-order valence-electron chi connectivity index (χ2n) is 6.68. The Hall–Kier alpha value is -2.15. The summed E-state index contributed by atoms with van der Waals surface area (Å²) < 4.78 is 5.36. The van der Waals surface area contributed by atoms with Crippen LogP contribution in [0.15, 0.2) is 36.4 Å². The number of β-amino-alcohol motifs (C(OH)–C–C–N with tert-alkyl or cyclic N) is 1. The molecule has 0 aliphatic carbocycles. The Balaban J connectivity index is 1.56. The van der Waals surface area contributed by atoms with Gasteiger partial charge in [-0.25, -0.2) is 0 Å². The largest absolute Gasteiger partial charge is 0.506 e. The van der Waals surface area contributed by atoms with Crippen molar-refractivity contribution in [3.8, 4) is 5.75 Å². The van der Waals surface area contributed by atoms with Gasteiger partial charge in [0.2, 0.25) is 0 Å². The predicted molar refractivity (Wildman–Crippen MR) is 93.7 cm³/mol. The molecule has 2 heterocycles. The summed E-state index contributed by atoms with van der Waals surface area (Å²) in [7, 11) is 0. The lowest BCUT2D eigenvalue weighted by Gasteiger charge is -2.33. The summed E-state index contributed by atoms with van der Waals surface area (Å²) in [5, 5.41) is 22.5. The first-order chi connectivity index (χ1) is 12.1. The highest BCUT2D eigenvalue weighted by Gasteiger charge is 2.38. The van der Waals surface area contributed by atoms with Gasteiger partial charge in [0, 0.05) is 31.6 Å². The number of aliphatic hydroxyl groups excluding tert-OH is 1. The molecule has 2 N–H and O–H groups in total. The number of nitrogens with zero attached hydrogens (tertiary/aromatic N) is 2. The molecular formula is C19H22N2O4. The summed E-state index contributed by atoms with van der Waals surface area (Å²) in [4.78, 5) is 16.7.